The molecule has 0 aliphatic carbocycles. The molecular weight excluding hydrogens is 150 g/mol. The summed E-state index contributed by atoms with van der Waals surface area (Å²) >= 11 is 5.53. The highest BCUT2D eigenvalue weighted by atomic mass is 35.5. The number of likely N-dealkylation sites (tertiary alicyclic amines) is 1. The van der Waals surface area contributed by atoms with Gasteiger partial charge in [-0.1, -0.05) is 0 Å². The average molecular weight is 164 g/mol. The van der Waals surface area contributed by atoms with Gasteiger partial charge in [-0.2, -0.15) is 0 Å². The Labute approximate surface area is 66.8 Å². The maximum Gasteiger partial charge on any atom is 0.0679 e. The number of halogens is 1. The molecular formula is C7H14ClNO. The number of aliphatic hydroxyl groups is 1. The molecule has 0 bridgehead atoms. The van der Waals surface area contributed by atoms with Gasteiger partial charge < -0.3 is 10.0 Å². The lowest BCUT2D eigenvalue weighted by molar-refractivity contribution is 0.176. The molecule has 0 saturated carbocycles. The largest absolute Gasteiger partial charge is 0.392 e. The molecule has 0 radical (unpaired) electrons. The van der Waals surface area contributed by atoms with Crippen molar-refractivity contribution in [3.8, 4) is 0 Å². The topological polar surface area (TPSA) is 23.5 Å². The van der Waals surface area contributed by atoms with Gasteiger partial charge in [0.25, 0.3) is 0 Å². The molecule has 3 heteroatoms. The highest BCUT2D eigenvalue weighted by Gasteiger charge is 2.18. The molecule has 1 saturated heterocycles. The van der Waals surface area contributed by atoms with Crippen LogP contribution in [0, 0.1) is 0 Å². The molecule has 0 unspecified atom stereocenters. The monoisotopic (exact) mass is 163 g/mol. The summed E-state index contributed by atoms with van der Waals surface area (Å²) in [4.78, 5) is 2.26. The number of hydrogen-bond donors (Lipinski definition) is 1. The number of hydrogen-bond acceptors (Lipinski definition) is 2. The van der Waals surface area contributed by atoms with E-state index >= 15 is 0 Å². The van der Waals surface area contributed by atoms with Crippen molar-refractivity contribution in [1.29, 1.82) is 0 Å². The molecule has 0 amide bonds. The molecule has 10 heavy (non-hydrogen) atoms. The van der Waals surface area contributed by atoms with E-state index in [0.717, 1.165) is 38.4 Å². The van der Waals surface area contributed by atoms with Gasteiger partial charge in [-0.25, -0.2) is 0 Å². The molecule has 0 spiro atoms. The molecule has 1 fully saturated rings. The van der Waals surface area contributed by atoms with Crippen LogP contribution in [0.1, 0.15) is 12.8 Å². The normalized spacial score (nSPS) is 27.6. The van der Waals surface area contributed by atoms with Crippen LogP contribution in [0.2, 0.25) is 0 Å². The summed E-state index contributed by atoms with van der Waals surface area (Å²) in [6.45, 7) is 2.93. The standard InChI is InChI=1S/C7H14ClNO/c8-3-1-4-9-5-2-7(10)6-9/h7,10H,1-6H2/t7-/m0/s1. The summed E-state index contributed by atoms with van der Waals surface area (Å²) in [6, 6.07) is 0. The first-order chi connectivity index (χ1) is 4.83. The van der Waals surface area contributed by atoms with E-state index in [1.807, 2.05) is 0 Å². The van der Waals surface area contributed by atoms with Crippen LogP contribution < -0.4 is 0 Å². The molecule has 0 aromatic carbocycles. The minimum absolute atomic E-state index is 0.0877. The number of β-amino-alcohol motifs (C(OH)–C–C–N with tert-alkyl or cyclic N) is 1. The second-order valence-electron chi connectivity index (χ2n) is 2.79. The quantitative estimate of drug-likeness (QED) is 0.619. The Morgan fingerprint density at radius 3 is 2.90 bits per heavy atom. The van der Waals surface area contributed by atoms with Gasteiger partial charge in [-0.3, -0.25) is 0 Å². The van der Waals surface area contributed by atoms with Gasteiger partial charge in [0.2, 0.25) is 0 Å². The molecule has 60 valence electrons. The minimum Gasteiger partial charge on any atom is -0.392 e. The van der Waals surface area contributed by atoms with E-state index in [4.69, 9.17) is 16.7 Å². The van der Waals surface area contributed by atoms with Gasteiger partial charge in [0.1, 0.15) is 0 Å². The molecule has 0 aromatic heterocycles. The van der Waals surface area contributed by atoms with Crippen LogP contribution >= 0.6 is 11.6 Å². The maximum atomic E-state index is 9.12. The van der Waals surface area contributed by atoms with Crippen molar-refractivity contribution in [2.75, 3.05) is 25.5 Å². The third-order valence-electron chi connectivity index (χ3n) is 1.86. The second-order valence-corrected chi connectivity index (χ2v) is 3.16. The number of nitrogens with zero attached hydrogens (tertiary/aromatic N) is 1. The third kappa shape index (κ3) is 2.45. The van der Waals surface area contributed by atoms with E-state index in [-0.39, 0.29) is 6.10 Å². The van der Waals surface area contributed by atoms with Crippen molar-refractivity contribution in [3.05, 3.63) is 0 Å². The average Bonchev–Trinajstić information content (AvgIpc) is 2.31. The lowest BCUT2D eigenvalue weighted by atomic mass is 10.3. The van der Waals surface area contributed by atoms with Crippen molar-refractivity contribution < 1.29 is 5.11 Å². The predicted octanol–water partition coefficient (Wildman–Crippen LogP) is 0.682. The third-order valence-corrected chi connectivity index (χ3v) is 2.12. The minimum atomic E-state index is -0.0877. The zero-order chi connectivity index (χ0) is 7.40. The van der Waals surface area contributed by atoms with E-state index in [9.17, 15) is 0 Å². The highest BCUT2D eigenvalue weighted by molar-refractivity contribution is 6.17. The lowest BCUT2D eigenvalue weighted by Crippen LogP contribution is -2.23. The molecule has 0 aromatic rings. The number of alkyl halides is 1. The number of rotatable bonds is 3. The van der Waals surface area contributed by atoms with Crippen LogP contribution in [0.3, 0.4) is 0 Å². The van der Waals surface area contributed by atoms with Crippen molar-refractivity contribution in [3.63, 3.8) is 0 Å². The van der Waals surface area contributed by atoms with Crippen LogP contribution in [-0.2, 0) is 0 Å². The van der Waals surface area contributed by atoms with E-state index in [2.05, 4.69) is 4.90 Å². The fourth-order valence-electron chi connectivity index (χ4n) is 1.30. The summed E-state index contributed by atoms with van der Waals surface area (Å²) in [5.41, 5.74) is 0. The summed E-state index contributed by atoms with van der Waals surface area (Å²) in [5.74, 6) is 0.729. The van der Waals surface area contributed by atoms with Crippen LogP contribution in [0.25, 0.3) is 0 Å². The van der Waals surface area contributed by atoms with E-state index in [1.165, 1.54) is 0 Å². The van der Waals surface area contributed by atoms with Crippen molar-refractivity contribution in [1.82, 2.24) is 4.90 Å². The Morgan fingerprint density at radius 2 is 2.40 bits per heavy atom. The first-order valence-electron chi connectivity index (χ1n) is 3.79. The molecule has 2 nitrogen and oxygen atoms in total. The zero-order valence-electron chi connectivity index (χ0n) is 6.09. The SMILES string of the molecule is O[C@H]1CCN(CCCCl)C1. The Hall–Kier alpha value is 0.210. The van der Waals surface area contributed by atoms with Gasteiger partial charge in [0, 0.05) is 19.0 Å². The Kier molecular flexibility index (Phi) is 3.46. The van der Waals surface area contributed by atoms with E-state index < -0.39 is 0 Å². The van der Waals surface area contributed by atoms with Crippen LogP contribution in [0.15, 0.2) is 0 Å². The summed E-state index contributed by atoms with van der Waals surface area (Å²) in [6.07, 6.45) is 1.88. The molecule has 1 aliphatic rings. The van der Waals surface area contributed by atoms with Crippen molar-refractivity contribution in [2.24, 2.45) is 0 Å². The molecule has 1 aliphatic heterocycles. The van der Waals surface area contributed by atoms with Crippen molar-refractivity contribution in [2.45, 2.75) is 18.9 Å². The predicted molar refractivity (Wildman–Crippen MR) is 42.4 cm³/mol. The molecule has 1 atom stereocenters. The molecule has 1 N–H and O–H groups in total. The fraction of sp³-hybridized carbons (Fsp3) is 1.00. The smallest absolute Gasteiger partial charge is 0.0679 e. The van der Waals surface area contributed by atoms with E-state index in [0.29, 0.717) is 0 Å². The second kappa shape index (κ2) is 4.16. The lowest BCUT2D eigenvalue weighted by Gasteiger charge is -2.12. The molecule has 1 heterocycles. The van der Waals surface area contributed by atoms with Gasteiger partial charge in [-0.05, 0) is 19.4 Å². The first kappa shape index (κ1) is 8.31. The summed E-state index contributed by atoms with van der Waals surface area (Å²) in [7, 11) is 0. The zero-order valence-corrected chi connectivity index (χ0v) is 6.85. The van der Waals surface area contributed by atoms with Crippen molar-refractivity contribution >= 4 is 11.6 Å². The number of aliphatic hydroxyl groups excluding tert-OH is 1. The molecule has 1 rings (SSSR count). The Bertz CT molecular complexity index is 99.6. The summed E-state index contributed by atoms with van der Waals surface area (Å²) in [5, 5.41) is 9.12. The fourth-order valence-corrected chi connectivity index (χ4v) is 1.42. The van der Waals surface area contributed by atoms with Gasteiger partial charge in [0.15, 0.2) is 0 Å². The van der Waals surface area contributed by atoms with Gasteiger partial charge in [-0.15, -0.1) is 11.6 Å². The summed E-state index contributed by atoms with van der Waals surface area (Å²) < 4.78 is 0. The van der Waals surface area contributed by atoms with Crippen LogP contribution in [0.4, 0.5) is 0 Å². The first-order valence-corrected chi connectivity index (χ1v) is 4.33. The van der Waals surface area contributed by atoms with Gasteiger partial charge in [0.05, 0.1) is 6.10 Å². The van der Waals surface area contributed by atoms with Crippen LogP contribution in [0.5, 0.6) is 0 Å². The van der Waals surface area contributed by atoms with Gasteiger partial charge >= 0.3 is 0 Å². The van der Waals surface area contributed by atoms with E-state index in [1.54, 1.807) is 0 Å². The maximum absolute atomic E-state index is 9.12. The van der Waals surface area contributed by atoms with Crippen LogP contribution in [-0.4, -0.2) is 41.6 Å². The Morgan fingerprint density at radius 1 is 1.60 bits per heavy atom. The Balaban J connectivity index is 2.06. The highest BCUT2D eigenvalue weighted by Crippen LogP contribution is 2.08.